The van der Waals surface area contributed by atoms with E-state index in [-0.39, 0.29) is 5.82 Å². The molecule has 0 unspecified atom stereocenters. The van der Waals surface area contributed by atoms with Crippen molar-refractivity contribution < 1.29 is 14.0 Å². The highest BCUT2D eigenvalue weighted by Gasteiger charge is 2.19. The molecule has 0 bridgehead atoms. The number of hydrogen-bond acceptors (Lipinski definition) is 5. The van der Waals surface area contributed by atoms with Gasteiger partial charge in [-0.3, -0.25) is 14.5 Å². The Kier molecular flexibility index (Phi) is 8.10. The summed E-state index contributed by atoms with van der Waals surface area (Å²) in [6, 6.07) is 14.2. The Bertz CT molecular complexity index is 872. The molecule has 2 N–H and O–H groups in total. The second kappa shape index (κ2) is 11.0. The van der Waals surface area contributed by atoms with Crippen LogP contribution in [0.25, 0.3) is 0 Å². The molecule has 1 aliphatic heterocycles. The number of carbonyl (C=O) groups excluding carboxylic acids is 2. The van der Waals surface area contributed by atoms with E-state index in [1.54, 1.807) is 23.9 Å². The molecular formula is C22H27FN4O2S. The molecule has 30 heavy (non-hydrogen) atoms. The van der Waals surface area contributed by atoms with E-state index in [9.17, 15) is 14.0 Å². The van der Waals surface area contributed by atoms with Crippen LogP contribution >= 0.6 is 11.8 Å². The van der Waals surface area contributed by atoms with E-state index < -0.39 is 11.8 Å². The van der Waals surface area contributed by atoms with Crippen molar-refractivity contribution in [1.82, 2.24) is 10.2 Å². The lowest BCUT2D eigenvalue weighted by Gasteiger charge is -2.36. The van der Waals surface area contributed by atoms with Gasteiger partial charge in [-0.1, -0.05) is 18.2 Å². The van der Waals surface area contributed by atoms with Crippen molar-refractivity contribution in [3.8, 4) is 0 Å². The quantitative estimate of drug-likeness (QED) is 0.402. The van der Waals surface area contributed by atoms with Gasteiger partial charge in [-0.05, 0) is 49.6 Å². The molecule has 0 radical (unpaired) electrons. The minimum Gasteiger partial charge on any atom is -0.367 e. The van der Waals surface area contributed by atoms with E-state index in [1.165, 1.54) is 6.07 Å². The maximum Gasteiger partial charge on any atom is 0.313 e. The molecule has 6 nitrogen and oxygen atoms in total. The third kappa shape index (κ3) is 6.21. The Morgan fingerprint density at radius 2 is 1.80 bits per heavy atom. The van der Waals surface area contributed by atoms with Crippen molar-refractivity contribution in [1.29, 1.82) is 0 Å². The summed E-state index contributed by atoms with van der Waals surface area (Å²) in [5.74, 6) is -1.48. The largest absolute Gasteiger partial charge is 0.367 e. The van der Waals surface area contributed by atoms with E-state index in [0.29, 0.717) is 17.9 Å². The highest BCUT2D eigenvalue weighted by molar-refractivity contribution is 7.98. The summed E-state index contributed by atoms with van der Waals surface area (Å²) in [7, 11) is 0. The number of piperazine rings is 1. The lowest BCUT2D eigenvalue weighted by Crippen LogP contribution is -2.47. The summed E-state index contributed by atoms with van der Waals surface area (Å²) in [4.78, 5) is 29.4. The van der Waals surface area contributed by atoms with Crippen molar-refractivity contribution in [3.05, 3.63) is 54.3 Å². The number of hydrogen-bond donors (Lipinski definition) is 2. The number of para-hydroxylation sites is 1. The molecule has 2 amide bonds. The minimum absolute atomic E-state index is 0.188. The maximum absolute atomic E-state index is 13.9. The summed E-state index contributed by atoms with van der Waals surface area (Å²) < 4.78 is 13.9. The highest BCUT2D eigenvalue weighted by atomic mass is 32.2. The number of amides is 2. The topological polar surface area (TPSA) is 64.7 Å². The van der Waals surface area contributed by atoms with Gasteiger partial charge in [0.25, 0.3) is 0 Å². The predicted octanol–water partition coefficient (Wildman–Crippen LogP) is 2.81. The van der Waals surface area contributed by atoms with E-state index in [1.807, 2.05) is 36.6 Å². The molecule has 1 fully saturated rings. The van der Waals surface area contributed by atoms with Gasteiger partial charge in [0.2, 0.25) is 0 Å². The summed E-state index contributed by atoms with van der Waals surface area (Å²) in [5.41, 5.74) is 1.26. The molecule has 3 rings (SSSR count). The highest BCUT2D eigenvalue weighted by Crippen LogP contribution is 2.20. The number of halogens is 1. The van der Waals surface area contributed by atoms with Gasteiger partial charge in [0.1, 0.15) is 5.82 Å². The zero-order valence-corrected chi connectivity index (χ0v) is 17.9. The Balaban J connectivity index is 1.33. The van der Waals surface area contributed by atoms with Crippen molar-refractivity contribution >= 4 is 35.0 Å². The van der Waals surface area contributed by atoms with Gasteiger partial charge in [0.15, 0.2) is 0 Å². The molecule has 0 spiro atoms. The zero-order valence-electron chi connectivity index (χ0n) is 17.1. The van der Waals surface area contributed by atoms with Crippen molar-refractivity contribution in [2.75, 3.05) is 55.7 Å². The lowest BCUT2D eigenvalue weighted by molar-refractivity contribution is -0.136. The second-order valence-corrected chi connectivity index (χ2v) is 7.96. The van der Waals surface area contributed by atoms with Crippen LogP contribution in [-0.2, 0) is 9.59 Å². The van der Waals surface area contributed by atoms with Gasteiger partial charge in [-0.25, -0.2) is 4.39 Å². The first-order valence-corrected chi connectivity index (χ1v) is 11.2. The first kappa shape index (κ1) is 22.1. The summed E-state index contributed by atoms with van der Waals surface area (Å²) in [5, 5.41) is 5.29. The van der Waals surface area contributed by atoms with Crippen LogP contribution in [0.15, 0.2) is 53.4 Å². The Morgan fingerprint density at radius 3 is 2.53 bits per heavy atom. The molecule has 0 saturated carbocycles. The van der Waals surface area contributed by atoms with E-state index >= 15 is 0 Å². The van der Waals surface area contributed by atoms with Crippen LogP contribution in [0.5, 0.6) is 0 Å². The first-order valence-electron chi connectivity index (χ1n) is 10.0. The van der Waals surface area contributed by atoms with Gasteiger partial charge < -0.3 is 15.5 Å². The SMILES string of the molecule is CSc1cccc(NC(=O)C(=O)NCCCN2CCN(c3ccccc3F)CC2)c1. The van der Waals surface area contributed by atoms with Gasteiger partial charge in [0, 0.05) is 43.3 Å². The number of nitrogens with zero attached hydrogens (tertiary/aromatic N) is 2. The van der Waals surface area contributed by atoms with Crippen molar-refractivity contribution in [3.63, 3.8) is 0 Å². The van der Waals surface area contributed by atoms with Gasteiger partial charge in [0.05, 0.1) is 5.69 Å². The van der Waals surface area contributed by atoms with Crippen LogP contribution in [0.2, 0.25) is 0 Å². The molecule has 160 valence electrons. The molecule has 0 atom stereocenters. The third-order valence-electron chi connectivity index (χ3n) is 5.04. The van der Waals surface area contributed by atoms with Crippen LogP contribution in [0.1, 0.15) is 6.42 Å². The van der Waals surface area contributed by atoms with Crippen molar-refractivity contribution in [2.45, 2.75) is 11.3 Å². The Labute approximate surface area is 180 Å². The monoisotopic (exact) mass is 430 g/mol. The predicted molar refractivity (Wildman–Crippen MR) is 120 cm³/mol. The fourth-order valence-electron chi connectivity index (χ4n) is 3.39. The third-order valence-corrected chi connectivity index (χ3v) is 5.76. The maximum atomic E-state index is 13.9. The normalized spacial score (nSPS) is 14.4. The van der Waals surface area contributed by atoms with Gasteiger partial charge in [-0.2, -0.15) is 0 Å². The van der Waals surface area contributed by atoms with Crippen LogP contribution in [-0.4, -0.2) is 62.2 Å². The molecule has 1 aliphatic rings. The lowest BCUT2D eigenvalue weighted by atomic mass is 10.2. The number of thioether (sulfide) groups is 1. The fraction of sp³-hybridized carbons (Fsp3) is 0.364. The first-order chi connectivity index (χ1) is 14.6. The van der Waals surface area contributed by atoms with E-state index in [2.05, 4.69) is 20.4 Å². The smallest absolute Gasteiger partial charge is 0.313 e. The average molecular weight is 431 g/mol. The molecular weight excluding hydrogens is 403 g/mol. The molecule has 0 aromatic heterocycles. The van der Waals surface area contributed by atoms with Crippen LogP contribution in [0.4, 0.5) is 15.8 Å². The number of carbonyl (C=O) groups is 2. The fourth-order valence-corrected chi connectivity index (χ4v) is 3.85. The number of rotatable bonds is 7. The molecule has 1 saturated heterocycles. The number of anilines is 2. The zero-order chi connectivity index (χ0) is 21.3. The summed E-state index contributed by atoms with van der Waals surface area (Å²) >= 11 is 1.57. The molecule has 2 aromatic rings. The summed E-state index contributed by atoms with van der Waals surface area (Å²) in [6.07, 6.45) is 2.70. The Morgan fingerprint density at radius 1 is 1.03 bits per heavy atom. The van der Waals surface area contributed by atoms with Crippen LogP contribution in [0.3, 0.4) is 0 Å². The van der Waals surface area contributed by atoms with Gasteiger partial charge >= 0.3 is 11.8 Å². The molecule has 0 aliphatic carbocycles. The standard InChI is InChI=1S/C22H27FN4O2S/c1-30-18-7-4-6-17(16-18)25-22(29)21(28)24-10-5-11-26-12-14-27(15-13-26)20-9-3-2-8-19(20)23/h2-4,6-9,16H,5,10-15H2,1H3,(H,24,28)(H,25,29). The Hall–Kier alpha value is -2.58. The molecule has 8 heteroatoms. The van der Waals surface area contributed by atoms with Crippen LogP contribution < -0.4 is 15.5 Å². The van der Waals surface area contributed by atoms with Crippen LogP contribution in [0, 0.1) is 5.82 Å². The average Bonchev–Trinajstić information content (AvgIpc) is 2.77. The van der Waals surface area contributed by atoms with Crippen molar-refractivity contribution in [2.24, 2.45) is 0 Å². The molecule has 2 aromatic carbocycles. The molecule has 1 heterocycles. The number of nitrogens with one attached hydrogen (secondary N) is 2. The number of benzene rings is 2. The second-order valence-electron chi connectivity index (χ2n) is 7.08. The minimum atomic E-state index is -0.660. The summed E-state index contributed by atoms with van der Waals surface area (Å²) in [6.45, 7) is 4.48. The van der Waals surface area contributed by atoms with E-state index in [4.69, 9.17) is 0 Å². The van der Waals surface area contributed by atoms with Gasteiger partial charge in [-0.15, -0.1) is 11.8 Å². The van der Waals surface area contributed by atoms with E-state index in [0.717, 1.165) is 44.0 Å².